The van der Waals surface area contributed by atoms with Crippen LogP contribution in [0.4, 0.5) is 13.2 Å². The van der Waals surface area contributed by atoms with E-state index < -0.39 is 167 Å². The highest BCUT2D eigenvalue weighted by molar-refractivity contribution is 6.21. The molecule has 0 bridgehead atoms. The SMILES string of the molecule is CC[C@H](C)[C@@H]1NC(=O)[C@H](CC2CCCC2)N(C)C(=O)C[C@@H](C(=O)N2CCC2)N(C)C(=O)[C@H](C2CCCC2)N(C)C(=O)C2(CCCC2)NC(=O)[C@@H]2CCCN2C(=O)[C@H](CCC2CCC(C(F)(F)F)C(Cl)C2)NC(=O)CN(C)C(=O)[C@H](CC2CCCCC2)N(C)C(=O)[C@@H]2CCN2C(=O)[C@H](C)NC1=O. The average molecular weight is 1440 g/mol. The molecule has 4 saturated heterocycles. The molecule has 4 aliphatic heterocycles. The Morgan fingerprint density at radius 2 is 1.19 bits per heavy atom. The monoisotopic (exact) mass is 1440 g/mol. The van der Waals surface area contributed by atoms with E-state index in [2.05, 4.69) is 21.3 Å². The number of amides is 12. The third kappa shape index (κ3) is 18.4. The lowest BCUT2D eigenvalue weighted by Crippen LogP contribution is -2.65. The molecule has 9 aliphatic rings. The topological polar surface area (TPSA) is 279 Å². The number of carbonyl (C=O) groups is 12. The number of rotatable bonds is 11. The van der Waals surface area contributed by atoms with Gasteiger partial charge in [-0.15, -0.1) is 11.6 Å². The lowest BCUT2D eigenvalue weighted by molar-refractivity contribution is -0.182. The number of hydrogen-bond donors (Lipinski definition) is 4. The van der Waals surface area contributed by atoms with E-state index in [0.29, 0.717) is 58.0 Å². The molecule has 1 spiro atoms. The van der Waals surface area contributed by atoms with E-state index in [0.717, 1.165) is 70.6 Å². The van der Waals surface area contributed by atoms with Gasteiger partial charge in [-0.25, -0.2) is 0 Å². The van der Waals surface area contributed by atoms with Gasteiger partial charge in [-0.3, -0.25) is 57.5 Å². The molecular weight excluding hydrogens is 1330 g/mol. The van der Waals surface area contributed by atoms with Crippen LogP contribution in [-0.2, 0) is 57.5 Å². The van der Waals surface area contributed by atoms with Crippen molar-refractivity contribution in [2.75, 3.05) is 68.0 Å². The number of nitrogens with one attached hydrogen (secondary N) is 4. The molecule has 4 heterocycles. The Kier molecular flexibility index (Phi) is 27.0. The molecule has 9 rings (SSSR count). The smallest absolute Gasteiger partial charge is 0.343 e. The lowest BCUT2D eigenvalue weighted by Gasteiger charge is -2.44. The zero-order valence-electron chi connectivity index (χ0n) is 61.0. The van der Waals surface area contributed by atoms with Gasteiger partial charge in [-0.2, -0.15) is 13.2 Å². The van der Waals surface area contributed by atoms with Crippen LogP contribution < -0.4 is 21.3 Å². The second-order valence-corrected chi connectivity index (χ2v) is 32.1. The molecule has 0 aromatic heterocycles. The summed E-state index contributed by atoms with van der Waals surface area (Å²) in [5.74, 6) is -10.0. The Bertz CT molecular complexity index is 3010. The van der Waals surface area contributed by atoms with Gasteiger partial charge in [0.25, 0.3) is 0 Å². The summed E-state index contributed by atoms with van der Waals surface area (Å²) in [5, 5.41) is 10.5. The van der Waals surface area contributed by atoms with Crippen molar-refractivity contribution < 1.29 is 70.7 Å². The molecule has 0 aromatic carbocycles. The minimum absolute atomic E-state index is 0.00653. The minimum Gasteiger partial charge on any atom is -0.343 e. The maximum Gasteiger partial charge on any atom is 0.393 e. The second kappa shape index (κ2) is 34.5. The molecule has 28 heteroatoms. The number of hydrogen-bond acceptors (Lipinski definition) is 12. The molecule has 4 N–H and O–H groups in total. The number of fused-ring (bicyclic) bond motifs is 2. The minimum atomic E-state index is -4.50. The first kappa shape index (κ1) is 78.8. The molecule has 9 fully saturated rings. The zero-order chi connectivity index (χ0) is 73.4. The summed E-state index contributed by atoms with van der Waals surface area (Å²) >= 11 is 6.42. The summed E-state index contributed by atoms with van der Waals surface area (Å²) < 4.78 is 42.1. The lowest BCUT2D eigenvalue weighted by atomic mass is 9.78. The van der Waals surface area contributed by atoms with Crippen LogP contribution in [0.1, 0.15) is 213 Å². The number of nitrogens with zero attached hydrogens (tertiary/aromatic N) is 8. The predicted molar refractivity (Wildman–Crippen MR) is 370 cm³/mol. The van der Waals surface area contributed by atoms with E-state index >= 15 is 33.6 Å². The molecule has 566 valence electrons. The van der Waals surface area contributed by atoms with Crippen molar-refractivity contribution in [3.8, 4) is 0 Å². The van der Waals surface area contributed by atoms with Gasteiger partial charge in [0.05, 0.1) is 18.9 Å². The van der Waals surface area contributed by atoms with Gasteiger partial charge in [0.15, 0.2) is 0 Å². The van der Waals surface area contributed by atoms with E-state index in [9.17, 15) is 37.1 Å². The summed E-state index contributed by atoms with van der Waals surface area (Å²) in [7, 11) is 7.40. The third-order valence-electron chi connectivity index (χ3n) is 24.8. The number of likely N-dealkylation sites (N-methyl/N-ethyl adjacent to an activating group) is 5. The molecule has 101 heavy (non-hydrogen) atoms. The molecule has 3 unspecified atom stereocenters. The number of carbonyl (C=O) groups excluding carboxylic acids is 12. The Labute approximate surface area is 599 Å². The molecule has 5 saturated carbocycles. The summed E-state index contributed by atoms with van der Waals surface area (Å²) in [6.07, 6.45) is 9.49. The average Bonchev–Trinajstić information content (AvgIpc) is 1.74. The Hall–Kier alpha value is -6.28. The van der Waals surface area contributed by atoms with Crippen molar-refractivity contribution >= 4 is 82.5 Å². The fourth-order valence-corrected chi connectivity index (χ4v) is 18.4. The van der Waals surface area contributed by atoms with Crippen LogP contribution in [-0.4, -0.2) is 250 Å². The molecule has 24 nitrogen and oxygen atoms in total. The fourth-order valence-electron chi connectivity index (χ4n) is 17.9. The van der Waals surface area contributed by atoms with Crippen LogP contribution in [0.25, 0.3) is 0 Å². The summed E-state index contributed by atoms with van der Waals surface area (Å²) in [6.45, 7) is 5.58. The molecule has 13 atom stereocenters. The maximum absolute atomic E-state index is 15.7. The standard InChI is InChI=1S/C73H114ClF3N12O12/c1-9-44(2)60-64(94)78-45(3)65(95)89-38-32-54(89)68(98)84(6)56(41-47-21-11-10-12-22-47)67(97)82(4)43-58(90)79-52(31-29-48-28-30-50(51(74)39-48)73(75,76)77)66(96)88-37-19-27-53(88)63(93)81-72(33-17-18-34-72)71(101)86(8)61(49-25-15-16-26-49)70(100)85(7)57(69(99)87-35-20-36-87)42-59(91)83(5)55(62(92)80-60)40-46-23-13-14-24-46/h44-57,60-61H,9-43H2,1-8H3,(H,78,94)(H,79,90)(H,80,92)(H,81,93)/t44-,45-,48?,50?,51?,52-,53-,54-,55-,56-,57-,60-,61-/m0/s1. The van der Waals surface area contributed by atoms with Gasteiger partial charge in [0.1, 0.15) is 59.9 Å². The quantitative estimate of drug-likeness (QED) is 0.173. The van der Waals surface area contributed by atoms with Gasteiger partial charge in [-0.1, -0.05) is 104 Å². The predicted octanol–water partition coefficient (Wildman–Crippen LogP) is 6.04. The second-order valence-electron chi connectivity index (χ2n) is 31.5. The first-order valence-corrected chi connectivity index (χ1v) is 38.5. The van der Waals surface area contributed by atoms with Gasteiger partial charge in [0.2, 0.25) is 70.9 Å². The fraction of sp³-hybridized carbons (Fsp3) is 0.836. The van der Waals surface area contributed by atoms with Crippen molar-refractivity contribution in [3.05, 3.63) is 0 Å². The van der Waals surface area contributed by atoms with E-state index in [1.165, 1.54) is 76.5 Å². The Balaban J connectivity index is 1.06. The van der Waals surface area contributed by atoms with Gasteiger partial charge in [-0.05, 0) is 133 Å². The number of halogens is 4. The third-order valence-corrected chi connectivity index (χ3v) is 25.3. The highest BCUT2D eigenvalue weighted by Gasteiger charge is 2.53. The van der Waals surface area contributed by atoms with Gasteiger partial charge >= 0.3 is 6.18 Å². The molecule has 12 amide bonds. The van der Waals surface area contributed by atoms with E-state index in [1.54, 1.807) is 11.8 Å². The van der Waals surface area contributed by atoms with Crippen LogP contribution in [0.2, 0.25) is 0 Å². The Morgan fingerprint density at radius 1 is 0.574 bits per heavy atom. The number of alkyl halides is 4. The van der Waals surface area contributed by atoms with Crippen molar-refractivity contribution in [1.29, 1.82) is 0 Å². The van der Waals surface area contributed by atoms with E-state index in [4.69, 9.17) is 11.6 Å². The summed E-state index contributed by atoms with van der Waals surface area (Å²) in [6, 6.07) is -10.6. The van der Waals surface area contributed by atoms with Crippen molar-refractivity contribution in [2.24, 2.45) is 35.5 Å². The Morgan fingerprint density at radius 3 is 1.77 bits per heavy atom. The highest BCUT2D eigenvalue weighted by atomic mass is 35.5. The molecule has 0 radical (unpaired) electrons. The normalized spacial score (nSPS) is 32.3. The molecular formula is C73H114ClF3N12O12. The summed E-state index contributed by atoms with van der Waals surface area (Å²) in [4.78, 5) is 191. The van der Waals surface area contributed by atoms with Crippen molar-refractivity contribution in [1.82, 2.24) is 60.5 Å². The van der Waals surface area contributed by atoms with Crippen molar-refractivity contribution in [3.63, 3.8) is 0 Å². The van der Waals surface area contributed by atoms with Crippen LogP contribution in [0.3, 0.4) is 0 Å². The molecule has 0 aromatic rings. The maximum atomic E-state index is 15.7. The molecule has 5 aliphatic carbocycles. The van der Waals surface area contributed by atoms with Crippen LogP contribution in [0.5, 0.6) is 0 Å². The van der Waals surface area contributed by atoms with Crippen LogP contribution in [0, 0.1) is 35.5 Å². The first-order chi connectivity index (χ1) is 47.9. The highest BCUT2D eigenvalue weighted by Crippen LogP contribution is 2.44. The van der Waals surface area contributed by atoms with E-state index in [1.807, 2.05) is 6.92 Å². The van der Waals surface area contributed by atoms with Crippen LogP contribution >= 0.6 is 11.6 Å². The zero-order valence-corrected chi connectivity index (χ0v) is 61.7. The van der Waals surface area contributed by atoms with Gasteiger partial charge in [0, 0.05) is 66.8 Å². The van der Waals surface area contributed by atoms with Crippen LogP contribution in [0.15, 0.2) is 0 Å². The first-order valence-electron chi connectivity index (χ1n) is 38.1. The van der Waals surface area contributed by atoms with E-state index in [-0.39, 0.29) is 107 Å². The summed E-state index contributed by atoms with van der Waals surface area (Å²) in [5.41, 5.74) is -1.54. The largest absolute Gasteiger partial charge is 0.393 e. The van der Waals surface area contributed by atoms with Gasteiger partial charge < -0.3 is 60.5 Å². The number of likely N-dealkylation sites (tertiary alicyclic amines) is 1. The van der Waals surface area contributed by atoms with Crippen molar-refractivity contribution in [2.45, 2.75) is 285 Å².